The topological polar surface area (TPSA) is 58.6 Å². The van der Waals surface area contributed by atoms with Crippen LogP contribution in [0, 0.1) is 11.8 Å². The maximum atomic E-state index is 12.6. The van der Waals surface area contributed by atoms with E-state index >= 15 is 0 Å². The highest BCUT2D eigenvalue weighted by atomic mass is 16.6. The first kappa shape index (κ1) is 19.5. The highest BCUT2D eigenvalue weighted by Crippen LogP contribution is 2.53. The molecule has 0 unspecified atom stereocenters. The molecular formula is C21H36N2O3. The fourth-order valence-electron chi connectivity index (χ4n) is 5.87. The fraction of sp³-hybridized carbons (Fsp3) is 0.905. The highest BCUT2D eigenvalue weighted by molar-refractivity contribution is 5.78. The van der Waals surface area contributed by atoms with E-state index < -0.39 is 0 Å². The van der Waals surface area contributed by atoms with Gasteiger partial charge >= 0.3 is 6.09 Å². The molecule has 3 aliphatic rings. The molecule has 0 radical (unpaired) electrons. The molecule has 0 aromatic heterocycles. The van der Waals surface area contributed by atoms with Gasteiger partial charge in [0.05, 0.1) is 0 Å². The molecular weight excluding hydrogens is 328 g/mol. The Kier molecular flexibility index (Phi) is 6.46. The molecule has 148 valence electrons. The van der Waals surface area contributed by atoms with E-state index in [0.29, 0.717) is 30.7 Å². The van der Waals surface area contributed by atoms with Gasteiger partial charge in [-0.1, -0.05) is 26.7 Å². The first-order valence-electron chi connectivity index (χ1n) is 10.9. The Labute approximate surface area is 158 Å². The van der Waals surface area contributed by atoms with Gasteiger partial charge in [-0.15, -0.1) is 0 Å². The van der Waals surface area contributed by atoms with Crippen molar-refractivity contribution < 1.29 is 14.3 Å². The van der Waals surface area contributed by atoms with Gasteiger partial charge in [-0.05, 0) is 57.3 Å². The molecule has 2 aliphatic heterocycles. The number of hydrogen-bond donors (Lipinski definition) is 1. The minimum atomic E-state index is -0.256. The van der Waals surface area contributed by atoms with Crippen molar-refractivity contribution in [2.75, 3.05) is 13.1 Å². The third kappa shape index (κ3) is 3.72. The molecule has 0 bridgehead atoms. The maximum absolute atomic E-state index is 12.6. The Hall–Kier alpha value is -1.26. The molecule has 1 spiro atoms. The van der Waals surface area contributed by atoms with Crippen molar-refractivity contribution in [1.29, 1.82) is 0 Å². The van der Waals surface area contributed by atoms with Crippen molar-refractivity contribution in [2.24, 2.45) is 11.8 Å². The number of ether oxygens (including phenoxy) is 1. The lowest BCUT2D eigenvalue weighted by molar-refractivity contribution is -0.141. The van der Waals surface area contributed by atoms with Gasteiger partial charge in [0.25, 0.3) is 0 Å². The number of unbranched alkanes of at least 4 members (excludes halogenated alkanes) is 1. The van der Waals surface area contributed by atoms with Gasteiger partial charge in [0.2, 0.25) is 5.91 Å². The average Bonchev–Trinajstić information content (AvgIpc) is 2.99. The number of nitrogens with one attached hydrogen (secondary N) is 1. The molecule has 26 heavy (non-hydrogen) atoms. The van der Waals surface area contributed by atoms with Gasteiger partial charge in [-0.25, -0.2) is 4.79 Å². The maximum Gasteiger partial charge on any atom is 0.407 e. The molecule has 2 saturated heterocycles. The van der Waals surface area contributed by atoms with E-state index in [4.69, 9.17) is 4.74 Å². The lowest BCUT2D eigenvalue weighted by Crippen LogP contribution is -2.58. The summed E-state index contributed by atoms with van der Waals surface area (Å²) in [6.45, 7) is 5.95. The summed E-state index contributed by atoms with van der Waals surface area (Å²) in [7, 11) is 0. The highest BCUT2D eigenvalue weighted by Gasteiger charge is 2.56. The van der Waals surface area contributed by atoms with Crippen LogP contribution in [0.15, 0.2) is 0 Å². The molecule has 0 aromatic rings. The van der Waals surface area contributed by atoms with Gasteiger partial charge in [0, 0.05) is 31.0 Å². The van der Waals surface area contributed by atoms with E-state index in [1.807, 2.05) is 0 Å². The van der Waals surface area contributed by atoms with Gasteiger partial charge in [-0.2, -0.15) is 0 Å². The summed E-state index contributed by atoms with van der Waals surface area (Å²) in [5.74, 6) is 1.23. The molecule has 0 aromatic carbocycles. The largest absolute Gasteiger partial charge is 0.446 e. The molecule has 5 heteroatoms. The molecule has 1 N–H and O–H groups in total. The van der Waals surface area contributed by atoms with Crippen LogP contribution < -0.4 is 5.32 Å². The summed E-state index contributed by atoms with van der Waals surface area (Å²) in [4.78, 5) is 27.1. The Morgan fingerprint density at radius 3 is 2.85 bits per heavy atom. The lowest BCUT2D eigenvalue weighted by atomic mass is 9.62. The second-order valence-electron chi connectivity index (χ2n) is 8.47. The van der Waals surface area contributed by atoms with Gasteiger partial charge < -0.3 is 15.0 Å². The number of rotatable bonds is 6. The minimum absolute atomic E-state index is 0.00264. The molecule has 4 atom stereocenters. The van der Waals surface area contributed by atoms with Crippen molar-refractivity contribution in [3.05, 3.63) is 0 Å². The second-order valence-corrected chi connectivity index (χ2v) is 8.47. The van der Waals surface area contributed by atoms with E-state index in [1.54, 1.807) is 0 Å². The summed E-state index contributed by atoms with van der Waals surface area (Å²) in [5, 5.41) is 2.90. The Morgan fingerprint density at radius 2 is 2.08 bits per heavy atom. The number of carbonyl (C=O) groups is 2. The van der Waals surface area contributed by atoms with Crippen molar-refractivity contribution >= 4 is 12.0 Å². The Morgan fingerprint density at radius 1 is 1.23 bits per heavy atom. The minimum Gasteiger partial charge on any atom is -0.446 e. The van der Waals surface area contributed by atoms with Gasteiger partial charge in [-0.3, -0.25) is 4.79 Å². The summed E-state index contributed by atoms with van der Waals surface area (Å²) in [5.41, 5.74) is 0.0476. The van der Waals surface area contributed by atoms with E-state index in [2.05, 4.69) is 24.1 Å². The zero-order valence-corrected chi connectivity index (χ0v) is 16.6. The van der Waals surface area contributed by atoms with Crippen LogP contribution in [0.5, 0.6) is 0 Å². The van der Waals surface area contributed by atoms with Crippen LogP contribution in [0.2, 0.25) is 0 Å². The van der Waals surface area contributed by atoms with E-state index in [-0.39, 0.29) is 17.7 Å². The molecule has 3 rings (SSSR count). The molecule has 1 aliphatic carbocycles. The van der Waals surface area contributed by atoms with Crippen LogP contribution in [0.4, 0.5) is 4.79 Å². The lowest BCUT2D eigenvalue weighted by Gasteiger charge is -2.52. The van der Waals surface area contributed by atoms with Crippen LogP contribution in [-0.4, -0.2) is 41.6 Å². The van der Waals surface area contributed by atoms with Gasteiger partial charge in [0.1, 0.15) is 6.10 Å². The quantitative estimate of drug-likeness (QED) is 0.717. The number of carbonyl (C=O) groups excluding carboxylic acids is 2. The first-order valence-corrected chi connectivity index (χ1v) is 10.9. The zero-order chi connectivity index (χ0) is 18.6. The van der Waals surface area contributed by atoms with E-state index in [1.165, 1.54) is 0 Å². The van der Waals surface area contributed by atoms with Crippen molar-refractivity contribution in [3.8, 4) is 0 Å². The van der Waals surface area contributed by atoms with E-state index in [0.717, 1.165) is 70.8 Å². The molecule has 3 fully saturated rings. The van der Waals surface area contributed by atoms with Crippen molar-refractivity contribution in [2.45, 2.75) is 96.1 Å². The van der Waals surface area contributed by atoms with E-state index in [9.17, 15) is 9.59 Å². The van der Waals surface area contributed by atoms with Crippen LogP contribution >= 0.6 is 0 Å². The summed E-state index contributed by atoms with van der Waals surface area (Å²) in [6, 6.07) is 0. The standard InChI is InChI=1S/C21H36N2O3/c1-3-5-14-22-20(25)26-18-11-13-21-12-7-15-23(21)19(24)10-6-9-17(21)16(18)8-4-2/h16-18H,3-15H2,1-2H3,(H,22,25)/t16-,17+,18+,21-/m1/s1. The van der Waals surface area contributed by atoms with Crippen molar-refractivity contribution in [3.63, 3.8) is 0 Å². The van der Waals surface area contributed by atoms with Gasteiger partial charge in [0.15, 0.2) is 0 Å². The summed E-state index contributed by atoms with van der Waals surface area (Å²) < 4.78 is 5.91. The second kappa shape index (κ2) is 8.62. The summed E-state index contributed by atoms with van der Waals surface area (Å²) in [6.07, 6.45) is 10.9. The third-order valence-corrected chi connectivity index (χ3v) is 6.96. The smallest absolute Gasteiger partial charge is 0.407 e. The number of amides is 2. The Balaban J connectivity index is 1.74. The molecule has 2 amide bonds. The molecule has 2 heterocycles. The predicted molar refractivity (Wildman–Crippen MR) is 102 cm³/mol. The molecule has 1 saturated carbocycles. The average molecular weight is 365 g/mol. The van der Waals surface area contributed by atoms with Crippen LogP contribution in [0.3, 0.4) is 0 Å². The Bertz CT molecular complexity index is 509. The number of hydrogen-bond acceptors (Lipinski definition) is 3. The number of alkyl carbamates (subject to hydrolysis) is 1. The predicted octanol–water partition coefficient (Wildman–Crippen LogP) is 4.25. The SMILES string of the molecule is CCCCNC(=O)O[C@H]1CC[C@@]23CCCN2C(=O)CCC[C@H]3[C@H]1CCC. The van der Waals surface area contributed by atoms with Crippen molar-refractivity contribution in [1.82, 2.24) is 10.2 Å². The monoisotopic (exact) mass is 364 g/mol. The van der Waals surface area contributed by atoms with Crippen LogP contribution in [-0.2, 0) is 9.53 Å². The zero-order valence-electron chi connectivity index (χ0n) is 16.6. The third-order valence-electron chi connectivity index (χ3n) is 6.96. The fourth-order valence-corrected chi connectivity index (χ4v) is 5.87. The van der Waals surface area contributed by atoms with Crippen LogP contribution in [0.25, 0.3) is 0 Å². The first-order chi connectivity index (χ1) is 12.6. The summed E-state index contributed by atoms with van der Waals surface area (Å²) >= 11 is 0. The van der Waals surface area contributed by atoms with Crippen LogP contribution in [0.1, 0.15) is 84.5 Å². The normalized spacial score (nSPS) is 34.0. The molecule has 5 nitrogen and oxygen atoms in total. The number of nitrogens with zero attached hydrogens (tertiary/aromatic N) is 1.